The van der Waals surface area contributed by atoms with Gasteiger partial charge in [0.05, 0.1) is 23.6 Å². The average Bonchev–Trinajstić information content (AvgIpc) is 2.92. The van der Waals surface area contributed by atoms with Gasteiger partial charge in [-0.3, -0.25) is 9.89 Å². The molecule has 0 spiro atoms. The first-order valence-electron chi connectivity index (χ1n) is 7.00. The van der Waals surface area contributed by atoms with Crippen LogP contribution in [0.2, 0.25) is 0 Å². The predicted molar refractivity (Wildman–Crippen MR) is 86.9 cm³/mol. The zero-order valence-corrected chi connectivity index (χ0v) is 13.9. The van der Waals surface area contributed by atoms with Crippen LogP contribution in [0.3, 0.4) is 0 Å². The molecule has 1 amide bonds. The summed E-state index contributed by atoms with van der Waals surface area (Å²) >= 11 is 1.79. The van der Waals surface area contributed by atoms with Crippen molar-refractivity contribution in [3.63, 3.8) is 0 Å². The molecule has 6 heteroatoms. The molecule has 2 aromatic rings. The summed E-state index contributed by atoms with van der Waals surface area (Å²) in [4.78, 5) is 14.6. The highest BCUT2D eigenvalue weighted by atomic mass is 32.1. The number of hydrogen-bond donors (Lipinski definition) is 3. The Bertz CT molecular complexity index is 625. The summed E-state index contributed by atoms with van der Waals surface area (Å²) in [6.45, 7) is 10.3. The topological polar surface area (TPSA) is 69.8 Å². The molecule has 1 atom stereocenters. The second-order valence-electron chi connectivity index (χ2n) is 5.33. The summed E-state index contributed by atoms with van der Waals surface area (Å²) in [5.74, 6) is -0.0564. The molecule has 2 aromatic heterocycles. The van der Waals surface area contributed by atoms with E-state index in [-0.39, 0.29) is 18.5 Å². The first-order chi connectivity index (χ1) is 9.88. The molecule has 0 radical (unpaired) electrons. The number of nitrogens with one attached hydrogen (secondary N) is 3. The maximum absolute atomic E-state index is 12.0. The van der Waals surface area contributed by atoms with Crippen molar-refractivity contribution in [2.24, 2.45) is 0 Å². The predicted octanol–water partition coefficient (Wildman–Crippen LogP) is 2.99. The number of nitrogens with zero attached hydrogens (tertiary/aromatic N) is 1. The number of carbonyl (C=O) groups excluding carboxylic acids is 1. The van der Waals surface area contributed by atoms with Crippen LogP contribution in [-0.2, 0) is 4.79 Å². The Morgan fingerprint density at radius 3 is 2.62 bits per heavy atom. The van der Waals surface area contributed by atoms with Crippen LogP contribution < -0.4 is 10.6 Å². The van der Waals surface area contributed by atoms with E-state index in [0.29, 0.717) is 0 Å². The van der Waals surface area contributed by atoms with Crippen molar-refractivity contribution >= 4 is 22.9 Å². The zero-order chi connectivity index (χ0) is 15.6. The molecule has 114 valence electrons. The Balaban J connectivity index is 1.91. The highest BCUT2D eigenvalue weighted by molar-refractivity contribution is 7.12. The zero-order valence-electron chi connectivity index (χ0n) is 13.1. The lowest BCUT2D eigenvalue weighted by Crippen LogP contribution is -2.30. The van der Waals surface area contributed by atoms with E-state index in [0.717, 1.165) is 17.1 Å². The van der Waals surface area contributed by atoms with Gasteiger partial charge in [0.15, 0.2) is 0 Å². The van der Waals surface area contributed by atoms with Crippen LogP contribution in [-0.4, -0.2) is 22.6 Å². The van der Waals surface area contributed by atoms with Crippen LogP contribution in [0.4, 0.5) is 5.69 Å². The van der Waals surface area contributed by atoms with E-state index in [4.69, 9.17) is 0 Å². The standard InChI is InChI=1S/C15H22N4OS/c1-8-6-13(12(5)21-8)9(2)16-7-14(20)17-15-10(3)18-19-11(15)4/h6,9,16H,7H2,1-5H3,(H,17,20)(H,18,19)/t9-/m1/s1. The largest absolute Gasteiger partial charge is 0.322 e. The molecule has 0 aliphatic rings. The van der Waals surface area contributed by atoms with Crippen molar-refractivity contribution in [1.82, 2.24) is 15.5 Å². The molecule has 21 heavy (non-hydrogen) atoms. The Morgan fingerprint density at radius 1 is 1.38 bits per heavy atom. The van der Waals surface area contributed by atoms with Gasteiger partial charge in [0.25, 0.3) is 0 Å². The maximum atomic E-state index is 12.0. The van der Waals surface area contributed by atoms with Crippen LogP contribution in [0.1, 0.15) is 39.7 Å². The Hall–Kier alpha value is -1.66. The van der Waals surface area contributed by atoms with Crippen molar-refractivity contribution in [1.29, 1.82) is 0 Å². The number of hydrogen-bond acceptors (Lipinski definition) is 4. The molecule has 0 saturated heterocycles. The molecule has 0 saturated carbocycles. The van der Waals surface area contributed by atoms with E-state index >= 15 is 0 Å². The van der Waals surface area contributed by atoms with Gasteiger partial charge in [-0.2, -0.15) is 5.10 Å². The molecular weight excluding hydrogens is 284 g/mol. The highest BCUT2D eigenvalue weighted by Crippen LogP contribution is 2.26. The quantitative estimate of drug-likeness (QED) is 0.795. The number of thiophene rings is 1. The third kappa shape index (κ3) is 3.71. The van der Waals surface area contributed by atoms with Gasteiger partial charge in [-0.25, -0.2) is 0 Å². The molecule has 3 N–H and O–H groups in total. The normalized spacial score (nSPS) is 12.4. The fraction of sp³-hybridized carbons (Fsp3) is 0.467. The molecule has 2 rings (SSSR count). The number of H-pyrrole nitrogens is 1. The minimum Gasteiger partial charge on any atom is -0.322 e. The maximum Gasteiger partial charge on any atom is 0.238 e. The highest BCUT2D eigenvalue weighted by Gasteiger charge is 2.14. The lowest BCUT2D eigenvalue weighted by atomic mass is 10.1. The molecule has 0 unspecified atom stereocenters. The first-order valence-corrected chi connectivity index (χ1v) is 7.82. The third-order valence-electron chi connectivity index (χ3n) is 3.51. The molecule has 0 aromatic carbocycles. The van der Waals surface area contributed by atoms with E-state index in [9.17, 15) is 4.79 Å². The monoisotopic (exact) mass is 306 g/mol. The van der Waals surface area contributed by atoms with E-state index in [2.05, 4.69) is 47.7 Å². The third-order valence-corrected chi connectivity index (χ3v) is 4.49. The van der Waals surface area contributed by atoms with Crippen molar-refractivity contribution in [3.05, 3.63) is 32.8 Å². The summed E-state index contributed by atoms with van der Waals surface area (Å²) < 4.78 is 0. The fourth-order valence-corrected chi connectivity index (χ4v) is 3.38. The van der Waals surface area contributed by atoms with Crippen molar-refractivity contribution in [2.75, 3.05) is 11.9 Å². The smallest absolute Gasteiger partial charge is 0.238 e. The van der Waals surface area contributed by atoms with Gasteiger partial charge in [0.1, 0.15) is 0 Å². The summed E-state index contributed by atoms with van der Waals surface area (Å²) in [5.41, 5.74) is 3.72. The fourth-order valence-electron chi connectivity index (χ4n) is 2.35. The van der Waals surface area contributed by atoms with E-state index in [1.54, 1.807) is 11.3 Å². The summed E-state index contributed by atoms with van der Waals surface area (Å²) in [7, 11) is 0. The number of aryl methyl sites for hydroxylation is 4. The van der Waals surface area contributed by atoms with Crippen molar-refractivity contribution < 1.29 is 4.79 Å². The lowest BCUT2D eigenvalue weighted by Gasteiger charge is -2.14. The van der Waals surface area contributed by atoms with Gasteiger partial charge in [0.2, 0.25) is 5.91 Å². The Labute approximate surface area is 129 Å². The average molecular weight is 306 g/mol. The van der Waals surface area contributed by atoms with E-state index in [1.165, 1.54) is 15.3 Å². The van der Waals surface area contributed by atoms with E-state index in [1.807, 2.05) is 13.8 Å². The molecule has 2 heterocycles. The van der Waals surface area contributed by atoms with Crippen LogP contribution in [0.25, 0.3) is 0 Å². The molecule has 5 nitrogen and oxygen atoms in total. The molecule has 0 aliphatic carbocycles. The number of anilines is 1. The number of carbonyl (C=O) groups is 1. The number of rotatable bonds is 5. The molecule has 0 aliphatic heterocycles. The minimum absolute atomic E-state index is 0.0564. The molecule has 0 fully saturated rings. The summed E-state index contributed by atoms with van der Waals surface area (Å²) in [6, 6.07) is 2.34. The number of amides is 1. The van der Waals surface area contributed by atoms with Crippen LogP contribution >= 0.6 is 11.3 Å². The van der Waals surface area contributed by atoms with Gasteiger partial charge in [0, 0.05) is 15.8 Å². The minimum atomic E-state index is -0.0564. The Kier molecular flexibility index (Phi) is 4.80. The number of aromatic amines is 1. The SMILES string of the molecule is Cc1cc([C@@H](C)NCC(=O)Nc2c(C)n[nH]c2C)c(C)s1. The van der Waals surface area contributed by atoms with Crippen LogP contribution in [0.15, 0.2) is 6.07 Å². The number of aromatic nitrogens is 2. The second-order valence-corrected chi connectivity index (χ2v) is 6.79. The van der Waals surface area contributed by atoms with Gasteiger partial charge in [-0.1, -0.05) is 0 Å². The van der Waals surface area contributed by atoms with E-state index < -0.39 is 0 Å². The van der Waals surface area contributed by atoms with Gasteiger partial charge >= 0.3 is 0 Å². The van der Waals surface area contributed by atoms with Crippen molar-refractivity contribution in [3.8, 4) is 0 Å². The van der Waals surface area contributed by atoms with Crippen LogP contribution in [0.5, 0.6) is 0 Å². The Morgan fingerprint density at radius 2 is 2.10 bits per heavy atom. The van der Waals surface area contributed by atoms with Gasteiger partial charge < -0.3 is 10.6 Å². The lowest BCUT2D eigenvalue weighted by molar-refractivity contribution is -0.115. The second kappa shape index (κ2) is 6.41. The summed E-state index contributed by atoms with van der Waals surface area (Å²) in [6.07, 6.45) is 0. The first kappa shape index (κ1) is 15.7. The molecular formula is C15H22N4OS. The molecule has 0 bridgehead atoms. The van der Waals surface area contributed by atoms with Crippen molar-refractivity contribution in [2.45, 2.75) is 40.7 Å². The summed E-state index contributed by atoms with van der Waals surface area (Å²) in [5, 5.41) is 13.1. The van der Waals surface area contributed by atoms with Crippen LogP contribution in [0, 0.1) is 27.7 Å². The van der Waals surface area contributed by atoms with Gasteiger partial charge in [-0.15, -0.1) is 11.3 Å². The van der Waals surface area contributed by atoms with Gasteiger partial charge in [-0.05, 0) is 46.2 Å².